The topological polar surface area (TPSA) is 49.5 Å². The Labute approximate surface area is 113 Å². The van der Waals surface area contributed by atoms with Crippen molar-refractivity contribution in [2.24, 2.45) is 0 Å². The fourth-order valence-corrected chi connectivity index (χ4v) is 2.04. The highest BCUT2D eigenvalue weighted by Crippen LogP contribution is 2.20. The molecule has 102 valence electrons. The second kappa shape index (κ2) is 7.07. The minimum absolute atomic E-state index is 0.159. The van der Waals surface area contributed by atoms with Crippen LogP contribution in [-0.2, 0) is 6.54 Å². The lowest BCUT2D eigenvalue weighted by atomic mass is 10.2. The summed E-state index contributed by atoms with van der Waals surface area (Å²) in [5.74, 6) is 1.48. The molecule has 1 aromatic carbocycles. The monoisotopic (exact) mass is 260 g/mol. The summed E-state index contributed by atoms with van der Waals surface area (Å²) in [7, 11) is 0. The molecule has 0 bridgehead atoms. The Morgan fingerprint density at radius 1 is 1.21 bits per heavy atom. The van der Waals surface area contributed by atoms with E-state index in [-0.39, 0.29) is 6.61 Å². The van der Waals surface area contributed by atoms with E-state index in [0.717, 1.165) is 24.3 Å². The number of aliphatic hydroxyl groups excluding tert-OH is 1. The molecule has 1 aromatic heterocycles. The maximum absolute atomic E-state index is 9.03. The van der Waals surface area contributed by atoms with Gasteiger partial charge in [-0.3, -0.25) is 4.90 Å². The van der Waals surface area contributed by atoms with E-state index in [1.165, 1.54) is 0 Å². The highest BCUT2D eigenvalue weighted by Gasteiger charge is 2.10. The van der Waals surface area contributed by atoms with Crippen LogP contribution in [0.3, 0.4) is 0 Å². The SMILES string of the molecule is CCCN(CCO)Cc1ncc(-c2ccccc2)o1. The predicted molar refractivity (Wildman–Crippen MR) is 74.6 cm³/mol. The van der Waals surface area contributed by atoms with Gasteiger partial charge in [-0.25, -0.2) is 4.98 Å². The van der Waals surface area contributed by atoms with Gasteiger partial charge >= 0.3 is 0 Å². The number of rotatable bonds is 7. The van der Waals surface area contributed by atoms with Crippen LogP contribution in [0.25, 0.3) is 11.3 Å². The van der Waals surface area contributed by atoms with Crippen LogP contribution < -0.4 is 0 Å². The molecule has 4 heteroatoms. The number of oxazole rings is 1. The highest BCUT2D eigenvalue weighted by molar-refractivity contribution is 5.55. The minimum atomic E-state index is 0.159. The zero-order valence-electron chi connectivity index (χ0n) is 11.2. The Morgan fingerprint density at radius 2 is 2.00 bits per heavy atom. The van der Waals surface area contributed by atoms with Gasteiger partial charge < -0.3 is 9.52 Å². The third kappa shape index (κ3) is 3.91. The van der Waals surface area contributed by atoms with E-state index in [1.54, 1.807) is 6.20 Å². The molecule has 0 unspecified atom stereocenters. The van der Waals surface area contributed by atoms with Crippen LogP contribution in [0, 0.1) is 0 Å². The van der Waals surface area contributed by atoms with Gasteiger partial charge in [0.1, 0.15) is 0 Å². The Morgan fingerprint density at radius 3 is 2.68 bits per heavy atom. The molecule has 1 N–H and O–H groups in total. The summed E-state index contributed by atoms with van der Waals surface area (Å²) in [4.78, 5) is 6.45. The first kappa shape index (κ1) is 13.8. The van der Waals surface area contributed by atoms with Gasteiger partial charge in [0.25, 0.3) is 0 Å². The molecule has 0 saturated carbocycles. The normalized spacial score (nSPS) is 11.1. The molecule has 0 atom stereocenters. The second-order valence-electron chi connectivity index (χ2n) is 4.48. The third-order valence-electron chi connectivity index (χ3n) is 2.93. The summed E-state index contributed by atoms with van der Waals surface area (Å²) in [5.41, 5.74) is 1.03. The molecule has 19 heavy (non-hydrogen) atoms. The van der Waals surface area contributed by atoms with Gasteiger partial charge in [0, 0.05) is 12.1 Å². The molecule has 2 aromatic rings. The molecule has 0 fully saturated rings. The third-order valence-corrected chi connectivity index (χ3v) is 2.93. The number of hydrogen-bond acceptors (Lipinski definition) is 4. The summed E-state index contributed by atoms with van der Waals surface area (Å²) >= 11 is 0. The number of hydrogen-bond donors (Lipinski definition) is 1. The van der Waals surface area contributed by atoms with Gasteiger partial charge in [-0.05, 0) is 13.0 Å². The van der Waals surface area contributed by atoms with E-state index < -0.39 is 0 Å². The van der Waals surface area contributed by atoms with Crippen molar-refractivity contribution in [1.82, 2.24) is 9.88 Å². The average molecular weight is 260 g/mol. The summed E-state index contributed by atoms with van der Waals surface area (Å²) in [6.45, 7) is 4.50. The molecule has 4 nitrogen and oxygen atoms in total. The fourth-order valence-electron chi connectivity index (χ4n) is 2.04. The van der Waals surface area contributed by atoms with Crippen molar-refractivity contribution in [3.05, 3.63) is 42.4 Å². The standard InChI is InChI=1S/C15H20N2O2/c1-2-8-17(9-10-18)12-15-16-11-14(19-15)13-6-4-3-5-7-13/h3-7,11,18H,2,8-10,12H2,1H3. The van der Waals surface area contributed by atoms with Gasteiger partial charge in [0.2, 0.25) is 5.89 Å². The smallest absolute Gasteiger partial charge is 0.209 e. The van der Waals surface area contributed by atoms with Crippen molar-refractivity contribution in [2.75, 3.05) is 19.7 Å². The van der Waals surface area contributed by atoms with Crippen LogP contribution in [0.1, 0.15) is 19.2 Å². The summed E-state index contributed by atoms with van der Waals surface area (Å²) in [6.07, 6.45) is 2.81. The summed E-state index contributed by atoms with van der Waals surface area (Å²) < 4.78 is 5.76. The van der Waals surface area contributed by atoms with Gasteiger partial charge in [-0.15, -0.1) is 0 Å². The number of aromatic nitrogens is 1. The Bertz CT molecular complexity index is 476. The molecule has 0 spiro atoms. The number of nitrogens with zero attached hydrogens (tertiary/aromatic N) is 2. The van der Waals surface area contributed by atoms with Crippen molar-refractivity contribution in [2.45, 2.75) is 19.9 Å². The van der Waals surface area contributed by atoms with Crippen LogP contribution in [-0.4, -0.2) is 34.7 Å². The lowest BCUT2D eigenvalue weighted by molar-refractivity contribution is 0.179. The molecule has 1 heterocycles. The van der Waals surface area contributed by atoms with Gasteiger partial charge in [-0.1, -0.05) is 37.3 Å². The van der Waals surface area contributed by atoms with Gasteiger partial charge in [0.05, 0.1) is 19.3 Å². The first-order valence-electron chi connectivity index (χ1n) is 6.66. The van der Waals surface area contributed by atoms with Crippen molar-refractivity contribution in [3.8, 4) is 11.3 Å². The van der Waals surface area contributed by atoms with E-state index in [9.17, 15) is 0 Å². The van der Waals surface area contributed by atoms with Crippen molar-refractivity contribution in [1.29, 1.82) is 0 Å². The van der Waals surface area contributed by atoms with E-state index in [0.29, 0.717) is 19.0 Å². The molecule has 0 aliphatic heterocycles. The summed E-state index contributed by atoms with van der Waals surface area (Å²) in [5, 5.41) is 9.03. The molecular formula is C15H20N2O2. The molecule has 0 amide bonds. The lowest BCUT2D eigenvalue weighted by Crippen LogP contribution is -2.27. The first-order chi connectivity index (χ1) is 9.33. The van der Waals surface area contributed by atoms with Crippen LogP contribution in [0.15, 0.2) is 40.9 Å². The average Bonchev–Trinajstić information content (AvgIpc) is 2.89. The van der Waals surface area contributed by atoms with E-state index >= 15 is 0 Å². The molecule has 0 radical (unpaired) electrons. The summed E-state index contributed by atoms with van der Waals surface area (Å²) in [6, 6.07) is 9.94. The van der Waals surface area contributed by atoms with Crippen molar-refractivity contribution in [3.63, 3.8) is 0 Å². The van der Waals surface area contributed by atoms with Crippen molar-refractivity contribution < 1.29 is 9.52 Å². The second-order valence-corrected chi connectivity index (χ2v) is 4.48. The van der Waals surface area contributed by atoms with E-state index in [1.807, 2.05) is 30.3 Å². The maximum Gasteiger partial charge on any atom is 0.209 e. The Kier molecular flexibility index (Phi) is 5.12. The van der Waals surface area contributed by atoms with Crippen LogP contribution in [0.2, 0.25) is 0 Å². The van der Waals surface area contributed by atoms with Crippen LogP contribution in [0.4, 0.5) is 0 Å². The molecule has 0 aliphatic rings. The fraction of sp³-hybridized carbons (Fsp3) is 0.400. The predicted octanol–water partition coefficient (Wildman–Crippen LogP) is 2.55. The Hall–Kier alpha value is -1.65. The van der Waals surface area contributed by atoms with Crippen LogP contribution >= 0.6 is 0 Å². The maximum atomic E-state index is 9.03. The Balaban J connectivity index is 2.04. The minimum Gasteiger partial charge on any atom is -0.439 e. The van der Waals surface area contributed by atoms with Crippen molar-refractivity contribution >= 4 is 0 Å². The lowest BCUT2D eigenvalue weighted by Gasteiger charge is -2.18. The number of aliphatic hydroxyl groups is 1. The highest BCUT2D eigenvalue weighted by atomic mass is 16.4. The largest absolute Gasteiger partial charge is 0.439 e. The molecule has 0 saturated heterocycles. The van der Waals surface area contributed by atoms with Gasteiger partial charge in [-0.2, -0.15) is 0 Å². The number of benzene rings is 1. The zero-order valence-corrected chi connectivity index (χ0v) is 11.2. The zero-order chi connectivity index (χ0) is 13.5. The van der Waals surface area contributed by atoms with E-state index in [2.05, 4.69) is 16.8 Å². The van der Waals surface area contributed by atoms with E-state index in [4.69, 9.17) is 9.52 Å². The first-order valence-corrected chi connectivity index (χ1v) is 6.66. The molecule has 2 rings (SSSR count). The molecular weight excluding hydrogens is 240 g/mol. The quantitative estimate of drug-likeness (QED) is 0.831. The molecule has 0 aliphatic carbocycles. The van der Waals surface area contributed by atoms with Gasteiger partial charge in [0.15, 0.2) is 5.76 Å². The van der Waals surface area contributed by atoms with Crippen LogP contribution in [0.5, 0.6) is 0 Å².